The van der Waals surface area contributed by atoms with Gasteiger partial charge < -0.3 is 9.59 Å². The summed E-state index contributed by atoms with van der Waals surface area (Å²) < 4.78 is 30.0. The van der Waals surface area contributed by atoms with Crippen LogP contribution in [-0.4, -0.2) is 60.5 Å². The highest BCUT2D eigenvalue weighted by molar-refractivity contribution is 7.85. The summed E-state index contributed by atoms with van der Waals surface area (Å²) in [6, 6.07) is 0. The van der Waals surface area contributed by atoms with Gasteiger partial charge in [-0.1, -0.05) is 59.8 Å². The van der Waals surface area contributed by atoms with Crippen LogP contribution in [0.5, 0.6) is 0 Å². The molecular formula is C22H48NO5S+. The summed E-state index contributed by atoms with van der Waals surface area (Å²) in [4.78, 5) is 9.99. The van der Waals surface area contributed by atoms with Crippen LogP contribution in [0.3, 0.4) is 0 Å². The molecule has 0 aromatic carbocycles. The van der Waals surface area contributed by atoms with Crippen LogP contribution in [0.25, 0.3) is 0 Å². The average Bonchev–Trinajstić information content (AvgIpc) is 2.66. The summed E-state index contributed by atoms with van der Waals surface area (Å²) in [5, 5.41) is 8.21. The molecule has 0 rings (SSSR count). The van der Waals surface area contributed by atoms with Crippen molar-refractivity contribution in [2.24, 2.45) is 0 Å². The number of hydrogen-bond acceptors (Lipinski definition) is 3. The highest BCUT2D eigenvalue weighted by Crippen LogP contribution is 2.16. The third-order valence-electron chi connectivity index (χ3n) is 5.24. The second kappa shape index (κ2) is 19.3. The normalized spacial score (nSPS) is 11.8. The summed E-state index contributed by atoms with van der Waals surface area (Å²) in [5.41, 5.74) is 0. The minimum atomic E-state index is -3.87. The van der Waals surface area contributed by atoms with E-state index in [1.165, 1.54) is 82.0 Å². The Morgan fingerprint density at radius 3 is 1.34 bits per heavy atom. The van der Waals surface area contributed by atoms with Gasteiger partial charge in [-0.15, -0.1) is 0 Å². The molecule has 0 aromatic rings. The standard InChI is InChI=1S/C16H36N.C6H12O5S/c1-5-9-13-17(14-10-6-2,15-11-7-3)16-12-8-4;7-6(8)4-2-1-3-5-12(9,10)11/h5-16H2,1-4H3;1-5H2,(H,7,8)(H,9,10,11)/q+1;. The van der Waals surface area contributed by atoms with Crippen LogP contribution in [0, 0.1) is 0 Å². The third kappa shape index (κ3) is 21.9. The second-order valence-electron chi connectivity index (χ2n) is 8.14. The minimum Gasteiger partial charge on any atom is -0.481 e. The fraction of sp³-hybridized carbons (Fsp3) is 0.955. The molecule has 0 unspecified atom stereocenters. The lowest BCUT2D eigenvalue weighted by molar-refractivity contribution is -0.929. The maximum Gasteiger partial charge on any atom is 0.303 e. The van der Waals surface area contributed by atoms with E-state index < -0.39 is 16.1 Å². The van der Waals surface area contributed by atoms with Gasteiger partial charge in [0.15, 0.2) is 0 Å². The van der Waals surface area contributed by atoms with Gasteiger partial charge in [-0.3, -0.25) is 9.35 Å². The minimum absolute atomic E-state index is 0.0471. The number of carboxylic acids is 1. The van der Waals surface area contributed by atoms with Crippen LogP contribution < -0.4 is 0 Å². The Morgan fingerprint density at radius 2 is 1.07 bits per heavy atom. The zero-order valence-electron chi connectivity index (χ0n) is 19.5. The molecule has 0 aliphatic carbocycles. The van der Waals surface area contributed by atoms with Gasteiger partial charge in [-0.2, -0.15) is 8.42 Å². The number of rotatable bonds is 18. The molecule has 2 N–H and O–H groups in total. The Morgan fingerprint density at radius 1 is 0.690 bits per heavy atom. The SMILES string of the molecule is CCCC[N+](CCCC)(CCCC)CCCC.O=C(O)CCCCCS(=O)(=O)O. The van der Waals surface area contributed by atoms with Crippen LogP contribution in [0.4, 0.5) is 0 Å². The van der Waals surface area contributed by atoms with Gasteiger partial charge in [0.25, 0.3) is 10.1 Å². The second-order valence-corrected chi connectivity index (χ2v) is 9.71. The molecule has 0 amide bonds. The van der Waals surface area contributed by atoms with E-state index in [2.05, 4.69) is 27.7 Å². The predicted octanol–water partition coefficient (Wildman–Crippen LogP) is 5.52. The van der Waals surface area contributed by atoms with E-state index in [0.29, 0.717) is 19.3 Å². The molecule has 0 spiro atoms. The molecule has 0 saturated carbocycles. The Hall–Kier alpha value is -0.660. The van der Waals surface area contributed by atoms with E-state index in [1.807, 2.05) is 0 Å². The monoisotopic (exact) mass is 438 g/mol. The van der Waals surface area contributed by atoms with E-state index in [4.69, 9.17) is 9.66 Å². The van der Waals surface area contributed by atoms with Crippen molar-refractivity contribution in [3.63, 3.8) is 0 Å². The molecule has 0 heterocycles. The maximum atomic E-state index is 10.2. The van der Waals surface area contributed by atoms with Gasteiger partial charge in [0.05, 0.1) is 31.9 Å². The van der Waals surface area contributed by atoms with Crippen molar-refractivity contribution in [3.05, 3.63) is 0 Å². The number of quaternary nitrogens is 1. The molecule has 0 bridgehead atoms. The molecule has 0 radical (unpaired) electrons. The smallest absolute Gasteiger partial charge is 0.303 e. The number of carboxylic acid groups (broad SMARTS) is 1. The lowest BCUT2D eigenvalue weighted by atomic mass is 10.1. The lowest BCUT2D eigenvalue weighted by Crippen LogP contribution is -2.50. The molecule has 6 nitrogen and oxygen atoms in total. The van der Waals surface area contributed by atoms with Crippen LogP contribution >= 0.6 is 0 Å². The Labute approximate surface area is 180 Å². The highest BCUT2D eigenvalue weighted by Gasteiger charge is 2.24. The van der Waals surface area contributed by atoms with Crippen molar-refractivity contribution in [1.29, 1.82) is 0 Å². The number of hydrogen-bond donors (Lipinski definition) is 2. The number of nitrogens with zero attached hydrogens (tertiary/aromatic N) is 1. The van der Waals surface area contributed by atoms with E-state index in [-0.39, 0.29) is 12.2 Å². The number of carbonyl (C=O) groups is 1. The number of unbranched alkanes of at least 4 members (excludes halogenated alkanes) is 6. The molecule has 29 heavy (non-hydrogen) atoms. The lowest BCUT2D eigenvalue weighted by Gasteiger charge is -2.39. The first-order valence-electron chi connectivity index (χ1n) is 11.7. The zero-order valence-corrected chi connectivity index (χ0v) is 20.3. The molecule has 0 aliphatic heterocycles. The Kier molecular flexibility index (Phi) is 20.3. The molecule has 0 atom stereocenters. The zero-order chi connectivity index (χ0) is 22.6. The van der Waals surface area contributed by atoms with E-state index in [0.717, 1.165) is 0 Å². The van der Waals surface area contributed by atoms with Crippen molar-refractivity contribution in [1.82, 2.24) is 0 Å². The largest absolute Gasteiger partial charge is 0.481 e. The van der Waals surface area contributed by atoms with Crippen LogP contribution in [0.1, 0.15) is 105 Å². The first-order valence-corrected chi connectivity index (χ1v) is 13.3. The van der Waals surface area contributed by atoms with Crippen molar-refractivity contribution >= 4 is 16.1 Å². The summed E-state index contributed by atoms with van der Waals surface area (Å²) in [6.45, 7) is 15.0. The third-order valence-corrected chi connectivity index (χ3v) is 6.04. The quantitative estimate of drug-likeness (QED) is 0.167. The van der Waals surface area contributed by atoms with E-state index >= 15 is 0 Å². The average molecular weight is 439 g/mol. The molecular weight excluding hydrogens is 390 g/mol. The topological polar surface area (TPSA) is 91.7 Å². The van der Waals surface area contributed by atoms with Crippen LogP contribution in [0.15, 0.2) is 0 Å². The van der Waals surface area contributed by atoms with Crippen molar-refractivity contribution in [2.75, 3.05) is 31.9 Å². The molecule has 7 heteroatoms. The van der Waals surface area contributed by atoms with Crippen molar-refractivity contribution in [2.45, 2.75) is 105 Å². The van der Waals surface area contributed by atoms with Crippen molar-refractivity contribution in [3.8, 4) is 0 Å². The van der Waals surface area contributed by atoms with Gasteiger partial charge in [0, 0.05) is 6.42 Å². The first-order chi connectivity index (χ1) is 13.7. The summed E-state index contributed by atoms with van der Waals surface area (Å²) in [5.74, 6) is -1.17. The Bertz CT molecular complexity index is 442. The fourth-order valence-electron chi connectivity index (χ4n) is 3.38. The molecule has 0 aliphatic rings. The van der Waals surface area contributed by atoms with Gasteiger partial charge in [0.1, 0.15) is 0 Å². The first kappa shape index (κ1) is 30.5. The number of aliphatic carboxylic acids is 1. The summed E-state index contributed by atoms with van der Waals surface area (Å²) in [6.07, 6.45) is 12.4. The van der Waals surface area contributed by atoms with Crippen molar-refractivity contribution < 1.29 is 27.4 Å². The fourth-order valence-corrected chi connectivity index (χ4v) is 3.95. The van der Waals surface area contributed by atoms with Crippen LogP contribution in [-0.2, 0) is 14.9 Å². The molecule has 176 valence electrons. The Balaban J connectivity index is 0. The molecule has 0 aromatic heterocycles. The van der Waals surface area contributed by atoms with Gasteiger partial charge in [0.2, 0.25) is 0 Å². The highest BCUT2D eigenvalue weighted by atomic mass is 32.2. The predicted molar refractivity (Wildman–Crippen MR) is 122 cm³/mol. The van der Waals surface area contributed by atoms with E-state index in [1.54, 1.807) is 0 Å². The van der Waals surface area contributed by atoms with Gasteiger partial charge >= 0.3 is 5.97 Å². The summed E-state index contributed by atoms with van der Waals surface area (Å²) in [7, 11) is -3.87. The molecule has 0 fully saturated rings. The van der Waals surface area contributed by atoms with Gasteiger partial charge in [-0.25, -0.2) is 0 Å². The van der Waals surface area contributed by atoms with E-state index in [9.17, 15) is 13.2 Å². The van der Waals surface area contributed by atoms with Gasteiger partial charge in [-0.05, 0) is 38.5 Å². The van der Waals surface area contributed by atoms with Crippen LogP contribution in [0.2, 0.25) is 0 Å². The summed E-state index contributed by atoms with van der Waals surface area (Å²) >= 11 is 0. The molecule has 0 saturated heterocycles. The maximum absolute atomic E-state index is 10.2.